The first-order valence-corrected chi connectivity index (χ1v) is 7.18. The van der Waals surface area contributed by atoms with Crippen LogP contribution in [-0.2, 0) is 13.5 Å². The molecule has 2 fully saturated rings. The van der Waals surface area contributed by atoms with Gasteiger partial charge in [-0.1, -0.05) is 6.42 Å². The maximum atomic E-state index is 6.25. The van der Waals surface area contributed by atoms with Crippen molar-refractivity contribution in [2.24, 2.45) is 24.6 Å². The van der Waals surface area contributed by atoms with Gasteiger partial charge >= 0.3 is 0 Å². The summed E-state index contributed by atoms with van der Waals surface area (Å²) in [5, 5.41) is 0. The number of nitrogens with zero attached hydrogens (tertiary/aromatic N) is 3. The molecule has 0 amide bonds. The fourth-order valence-corrected chi connectivity index (χ4v) is 3.69. The fourth-order valence-electron chi connectivity index (χ4n) is 3.69. The number of hydrogen-bond donors (Lipinski definition) is 1. The SMILES string of the molecule is Cn1ccnc1CCN1CC2CCCC(N)C2C1. The standard InChI is InChI=1S/C14H24N4/c1-17-8-6-16-14(17)5-7-18-9-11-3-2-4-13(15)12(11)10-18/h6,8,11-13H,2-5,7,9-10,15H2,1H3. The Morgan fingerprint density at radius 3 is 3.00 bits per heavy atom. The lowest BCUT2D eigenvalue weighted by Gasteiger charge is -2.29. The number of nitrogens with two attached hydrogens (primary N) is 1. The molecule has 0 radical (unpaired) electrons. The first-order chi connectivity index (χ1) is 8.74. The first kappa shape index (κ1) is 12.2. The van der Waals surface area contributed by atoms with E-state index in [0.29, 0.717) is 6.04 Å². The van der Waals surface area contributed by atoms with E-state index in [4.69, 9.17) is 5.73 Å². The van der Waals surface area contributed by atoms with E-state index in [1.165, 1.54) is 38.2 Å². The summed E-state index contributed by atoms with van der Waals surface area (Å²) in [5.74, 6) is 2.80. The third kappa shape index (κ3) is 2.31. The van der Waals surface area contributed by atoms with Crippen LogP contribution in [-0.4, -0.2) is 40.1 Å². The summed E-state index contributed by atoms with van der Waals surface area (Å²) in [6.07, 6.45) is 8.91. The van der Waals surface area contributed by atoms with Crippen molar-refractivity contribution in [1.29, 1.82) is 0 Å². The van der Waals surface area contributed by atoms with E-state index in [-0.39, 0.29) is 0 Å². The number of likely N-dealkylation sites (tertiary alicyclic amines) is 1. The van der Waals surface area contributed by atoms with Gasteiger partial charge in [-0.15, -0.1) is 0 Å². The molecule has 2 N–H and O–H groups in total. The highest BCUT2D eigenvalue weighted by atomic mass is 15.2. The minimum atomic E-state index is 0.446. The van der Waals surface area contributed by atoms with E-state index in [9.17, 15) is 0 Å². The predicted octanol–water partition coefficient (Wildman–Crippen LogP) is 1.02. The molecule has 1 saturated heterocycles. The summed E-state index contributed by atoms with van der Waals surface area (Å²) >= 11 is 0. The lowest BCUT2D eigenvalue weighted by Crippen LogP contribution is -2.38. The molecular formula is C14H24N4. The Kier molecular flexibility index (Phi) is 3.39. The van der Waals surface area contributed by atoms with Crippen molar-refractivity contribution in [2.45, 2.75) is 31.7 Å². The second-order valence-corrected chi connectivity index (χ2v) is 5.98. The van der Waals surface area contributed by atoms with Crippen LogP contribution in [0.25, 0.3) is 0 Å². The van der Waals surface area contributed by atoms with Gasteiger partial charge in [0.05, 0.1) is 0 Å². The largest absolute Gasteiger partial charge is 0.338 e. The molecule has 4 nitrogen and oxygen atoms in total. The van der Waals surface area contributed by atoms with Gasteiger partial charge in [0.25, 0.3) is 0 Å². The molecule has 0 spiro atoms. The molecule has 18 heavy (non-hydrogen) atoms. The summed E-state index contributed by atoms with van der Waals surface area (Å²) in [5.41, 5.74) is 6.25. The van der Waals surface area contributed by atoms with E-state index < -0.39 is 0 Å². The van der Waals surface area contributed by atoms with Gasteiger partial charge in [-0.25, -0.2) is 4.98 Å². The Morgan fingerprint density at radius 2 is 2.28 bits per heavy atom. The lowest BCUT2D eigenvalue weighted by molar-refractivity contribution is 0.259. The van der Waals surface area contributed by atoms with Gasteiger partial charge < -0.3 is 15.2 Å². The first-order valence-electron chi connectivity index (χ1n) is 7.18. The minimum Gasteiger partial charge on any atom is -0.338 e. The van der Waals surface area contributed by atoms with Gasteiger partial charge in [0.15, 0.2) is 0 Å². The molecular weight excluding hydrogens is 224 g/mol. The quantitative estimate of drug-likeness (QED) is 0.869. The van der Waals surface area contributed by atoms with Gasteiger partial charge in [-0.3, -0.25) is 0 Å². The van der Waals surface area contributed by atoms with Crippen molar-refractivity contribution < 1.29 is 0 Å². The van der Waals surface area contributed by atoms with E-state index in [1.807, 2.05) is 12.4 Å². The molecule has 1 aromatic rings. The van der Waals surface area contributed by atoms with E-state index in [2.05, 4.69) is 21.5 Å². The minimum absolute atomic E-state index is 0.446. The van der Waals surface area contributed by atoms with Crippen LogP contribution in [0, 0.1) is 11.8 Å². The van der Waals surface area contributed by atoms with Crippen LogP contribution in [0.5, 0.6) is 0 Å². The third-order valence-electron chi connectivity index (χ3n) is 4.80. The number of imidazole rings is 1. The van der Waals surface area contributed by atoms with Gasteiger partial charge in [0.1, 0.15) is 5.82 Å². The Hall–Kier alpha value is -0.870. The zero-order valence-corrected chi connectivity index (χ0v) is 11.3. The van der Waals surface area contributed by atoms with Crippen molar-refractivity contribution in [2.75, 3.05) is 19.6 Å². The van der Waals surface area contributed by atoms with Gasteiger partial charge in [0.2, 0.25) is 0 Å². The van der Waals surface area contributed by atoms with Crippen molar-refractivity contribution in [3.8, 4) is 0 Å². The molecule has 3 unspecified atom stereocenters. The highest BCUT2D eigenvalue weighted by Crippen LogP contribution is 2.35. The van der Waals surface area contributed by atoms with E-state index in [1.54, 1.807) is 0 Å². The summed E-state index contributed by atoms with van der Waals surface area (Å²) < 4.78 is 2.12. The summed E-state index contributed by atoms with van der Waals surface area (Å²) in [6, 6.07) is 0.446. The molecule has 1 aliphatic carbocycles. The maximum absolute atomic E-state index is 6.25. The van der Waals surface area contributed by atoms with Gasteiger partial charge in [-0.2, -0.15) is 0 Å². The van der Waals surface area contributed by atoms with E-state index in [0.717, 1.165) is 24.8 Å². The Balaban J connectivity index is 1.54. The molecule has 2 heterocycles. The molecule has 1 aromatic heterocycles. The molecule has 0 bridgehead atoms. The smallest absolute Gasteiger partial charge is 0.109 e. The second-order valence-electron chi connectivity index (χ2n) is 5.98. The third-order valence-corrected chi connectivity index (χ3v) is 4.80. The molecule has 100 valence electrons. The Bertz CT molecular complexity index is 400. The zero-order valence-electron chi connectivity index (χ0n) is 11.3. The van der Waals surface area contributed by atoms with Crippen LogP contribution in [0.2, 0.25) is 0 Å². The molecule has 1 saturated carbocycles. The number of aromatic nitrogens is 2. The average Bonchev–Trinajstić information content (AvgIpc) is 2.93. The van der Waals surface area contributed by atoms with Crippen molar-refractivity contribution in [1.82, 2.24) is 14.5 Å². The molecule has 4 heteroatoms. The zero-order chi connectivity index (χ0) is 12.5. The molecule has 1 aliphatic heterocycles. The van der Waals surface area contributed by atoms with Crippen LogP contribution < -0.4 is 5.73 Å². The van der Waals surface area contributed by atoms with Crippen molar-refractivity contribution >= 4 is 0 Å². The molecule has 3 rings (SSSR count). The van der Waals surface area contributed by atoms with Crippen LogP contribution in [0.3, 0.4) is 0 Å². The normalized spacial score (nSPS) is 32.7. The monoisotopic (exact) mass is 248 g/mol. The van der Waals surface area contributed by atoms with Crippen LogP contribution in [0.1, 0.15) is 25.1 Å². The molecule has 3 atom stereocenters. The maximum Gasteiger partial charge on any atom is 0.109 e. The van der Waals surface area contributed by atoms with Crippen LogP contribution >= 0.6 is 0 Å². The molecule has 2 aliphatic rings. The van der Waals surface area contributed by atoms with E-state index >= 15 is 0 Å². The average molecular weight is 248 g/mol. The topological polar surface area (TPSA) is 47.1 Å². The van der Waals surface area contributed by atoms with Gasteiger partial charge in [0, 0.05) is 51.5 Å². The molecule has 0 aromatic carbocycles. The second kappa shape index (κ2) is 5.02. The number of fused-ring (bicyclic) bond motifs is 1. The lowest BCUT2D eigenvalue weighted by atomic mass is 9.78. The summed E-state index contributed by atoms with van der Waals surface area (Å²) in [6.45, 7) is 3.59. The highest BCUT2D eigenvalue weighted by molar-refractivity contribution is 4.96. The number of rotatable bonds is 3. The predicted molar refractivity (Wildman–Crippen MR) is 72.2 cm³/mol. The van der Waals surface area contributed by atoms with Gasteiger partial charge in [-0.05, 0) is 24.7 Å². The number of aryl methyl sites for hydroxylation is 1. The van der Waals surface area contributed by atoms with Crippen molar-refractivity contribution in [3.63, 3.8) is 0 Å². The Morgan fingerprint density at radius 1 is 1.39 bits per heavy atom. The van der Waals surface area contributed by atoms with Crippen LogP contribution in [0.4, 0.5) is 0 Å². The Labute approximate surface area is 109 Å². The van der Waals surface area contributed by atoms with Crippen molar-refractivity contribution in [3.05, 3.63) is 18.2 Å². The summed E-state index contributed by atoms with van der Waals surface area (Å²) in [4.78, 5) is 6.99. The fraction of sp³-hybridized carbons (Fsp3) is 0.786. The van der Waals surface area contributed by atoms with Crippen LogP contribution in [0.15, 0.2) is 12.4 Å². The summed E-state index contributed by atoms with van der Waals surface area (Å²) in [7, 11) is 2.07. The number of hydrogen-bond acceptors (Lipinski definition) is 3. The highest BCUT2D eigenvalue weighted by Gasteiger charge is 2.38.